The Morgan fingerprint density at radius 3 is 2.33 bits per heavy atom. The third-order valence-electron chi connectivity index (χ3n) is 4.11. The second-order valence-electron chi connectivity index (χ2n) is 5.83. The van der Waals surface area contributed by atoms with Gasteiger partial charge in [-0.3, -0.25) is 15.2 Å². The van der Waals surface area contributed by atoms with Gasteiger partial charge in [-0.05, 0) is 35.9 Å². The normalized spacial score (nSPS) is 10.9. The molecule has 0 saturated heterocycles. The maximum atomic E-state index is 13.4. The van der Waals surface area contributed by atoms with Crippen LogP contribution in [-0.4, -0.2) is 15.0 Å². The summed E-state index contributed by atoms with van der Waals surface area (Å²) >= 11 is 3.41. The van der Waals surface area contributed by atoms with Gasteiger partial charge in [0.2, 0.25) is 5.95 Å². The van der Waals surface area contributed by atoms with Gasteiger partial charge in [0.15, 0.2) is 5.65 Å². The molecule has 0 amide bonds. The van der Waals surface area contributed by atoms with E-state index in [-0.39, 0.29) is 23.0 Å². The lowest BCUT2D eigenvalue weighted by molar-refractivity contribution is 0.628. The highest BCUT2D eigenvalue weighted by Crippen LogP contribution is 2.30. The first kappa shape index (κ1) is 17.3. The molecule has 27 heavy (non-hydrogen) atoms. The third-order valence-corrected chi connectivity index (χ3v) is 4.64. The number of anilines is 1. The minimum atomic E-state index is -0.387. The van der Waals surface area contributed by atoms with Crippen molar-refractivity contribution in [2.45, 2.75) is 0 Å². The van der Waals surface area contributed by atoms with E-state index in [1.165, 1.54) is 12.1 Å². The predicted octanol–water partition coefficient (Wildman–Crippen LogP) is 3.84. The molecule has 4 rings (SSSR count). The van der Waals surface area contributed by atoms with Crippen LogP contribution in [0.3, 0.4) is 0 Å². The molecule has 2 aromatic carbocycles. The number of pyridine rings is 1. The van der Waals surface area contributed by atoms with E-state index in [4.69, 9.17) is 5.84 Å². The van der Waals surface area contributed by atoms with Crippen LogP contribution in [0.4, 0.5) is 10.3 Å². The molecule has 4 N–H and O–H groups in total. The lowest BCUT2D eigenvalue weighted by Gasteiger charge is -2.10. The SMILES string of the molecule is NNc1nc2nc(-c3ccc(Br)cc3)cc(-c3ccc(F)cc3)c2c(=O)[nH]1. The Labute approximate surface area is 161 Å². The molecule has 0 fully saturated rings. The monoisotopic (exact) mass is 425 g/mol. The first-order chi connectivity index (χ1) is 13.0. The van der Waals surface area contributed by atoms with Gasteiger partial charge in [-0.2, -0.15) is 4.98 Å². The molecule has 6 nitrogen and oxygen atoms in total. The molecule has 134 valence electrons. The first-order valence-electron chi connectivity index (χ1n) is 7.99. The van der Waals surface area contributed by atoms with Gasteiger partial charge in [0.05, 0.1) is 11.1 Å². The zero-order valence-electron chi connectivity index (χ0n) is 13.8. The fourth-order valence-electron chi connectivity index (χ4n) is 2.83. The minimum Gasteiger partial charge on any atom is -0.294 e. The van der Waals surface area contributed by atoms with Gasteiger partial charge < -0.3 is 0 Å². The van der Waals surface area contributed by atoms with Gasteiger partial charge in [0, 0.05) is 15.6 Å². The number of fused-ring (bicyclic) bond motifs is 1. The third kappa shape index (κ3) is 3.32. The van der Waals surface area contributed by atoms with Crippen LogP contribution in [0.2, 0.25) is 0 Å². The maximum absolute atomic E-state index is 13.4. The highest BCUT2D eigenvalue weighted by molar-refractivity contribution is 9.10. The second-order valence-corrected chi connectivity index (χ2v) is 6.74. The molecule has 0 unspecified atom stereocenters. The fraction of sp³-hybridized carbons (Fsp3) is 0. The number of hydrazine groups is 1. The van der Waals surface area contributed by atoms with Crippen LogP contribution in [0, 0.1) is 5.82 Å². The van der Waals surface area contributed by atoms with Crippen molar-refractivity contribution in [2.24, 2.45) is 5.84 Å². The van der Waals surface area contributed by atoms with Crippen LogP contribution in [0.15, 0.2) is 63.9 Å². The van der Waals surface area contributed by atoms with Crippen LogP contribution in [0.1, 0.15) is 0 Å². The van der Waals surface area contributed by atoms with Crippen molar-refractivity contribution in [3.05, 3.63) is 75.2 Å². The molecule has 0 spiro atoms. The quantitative estimate of drug-likeness (QED) is 0.342. The number of halogens is 2. The van der Waals surface area contributed by atoms with Gasteiger partial charge in [-0.1, -0.05) is 40.2 Å². The first-order valence-corrected chi connectivity index (χ1v) is 8.78. The van der Waals surface area contributed by atoms with Crippen LogP contribution in [0.5, 0.6) is 0 Å². The van der Waals surface area contributed by atoms with Crippen molar-refractivity contribution in [3.63, 3.8) is 0 Å². The Hall–Kier alpha value is -3.10. The number of aromatic amines is 1. The number of H-pyrrole nitrogens is 1. The summed E-state index contributed by atoms with van der Waals surface area (Å²) in [6.07, 6.45) is 0. The zero-order valence-corrected chi connectivity index (χ0v) is 15.4. The van der Waals surface area contributed by atoms with E-state index in [1.54, 1.807) is 18.2 Å². The molecule has 2 aromatic heterocycles. The van der Waals surface area contributed by atoms with Crippen LogP contribution < -0.4 is 16.8 Å². The molecule has 0 saturated carbocycles. The van der Waals surface area contributed by atoms with E-state index in [0.29, 0.717) is 22.2 Å². The number of nitrogens with zero attached hydrogens (tertiary/aromatic N) is 2. The zero-order chi connectivity index (χ0) is 19.0. The molecule has 0 radical (unpaired) electrons. The summed E-state index contributed by atoms with van der Waals surface area (Å²) in [6.45, 7) is 0. The summed E-state index contributed by atoms with van der Waals surface area (Å²) in [7, 11) is 0. The van der Waals surface area contributed by atoms with E-state index in [2.05, 4.69) is 36.3 Å². The second kappa shape index (κ2) is 6.90. The highest BCUT2D eigenvalue weighted by atomic mass is 79.9. The number of benzene rings is 2. The smallest absolute Gasteiger partial charge is 0.262 e. The van der Waals surface area contributed by atoms with Crippen LogP contribution >= 0.6 is 15.9 Å². The Morgan fingerprint density at radius 2 is 1.67 bits per heavy atom. The van der Waals surface area contributed by atoms with E-state index < -0.39 is 0 Å². The molecular weight excluding hydrogens is 413 g/mol. The summed E-state index contributed by atoms with van der Waals surface area (Å²) in [4.78, 5) is 24.0. The van der Waals surface area contributed by atoms with Crippen LogP contribution in [-0.2, 0) is 0 Å². The number of nitrogens with one attached hydrogen (secondary N) is 2. The van der Waals surface area contributed by atoms with E-state index in [1.807, 2.05) is 24.3 Å². The molecule has 0 aliphatic rings. The summed E-state index contributed by atoms with van der Waals surface area (Å²) < 4.78 is 14.3. The Morgan fingerprint density at radius 1 is 1.00 bits per heavy atom. The summed E-state index contributed by atoms with van der Waals surface area (Å²) in [6, 6.07) is 15.3. The standard InChI is InChI=1S/C19H13BrFN5O/c20-12-5-1-11(2-6-12)15-9-14(10-3-7-13(21)8-4-10)16-17(23-15)24-19(26-22)25-18(16)27/h1-9H,22H2,(H2,23,24,25,26,27). The number of nitrogen functional groups attached to an aromatic ring is 1. The largest absolute Gasteiger partial charge is 0.294 e. The fourth-order valence-corrected chi connectivity index (χ4v) is 3.10. The van der Waals surface area contributed by atoms with Crippen molar-refractivity contribution >= 4 is 32.9 Å². The molecular formula is C19H13BrFN5O. The van der Waals surface area contributed by atoms with Crippen molar-refractivity contribution < 1.29 is 4.39 Å². The molecule has 0 aliphatic heterocycles. The van der Waals surface area contributed by atoms with E-state index in [0.717, 1.165) is 10.0 Å². The number of hydrogen-bond donors (Lipinski definition) is 3. The molecule has 8 heteroatoms. The number of aromatic nitrogens is 3. The summed E-state index contributed by atoms with van der Waals surface area (Å²) in [5.41, 5.74) is 4.97. The lowest BCUT2D eigenvalue weighted by atomic mass is 10.0. The van der Waals surface area contributed by atoms with Gasteiger partial charge >= 0.3 is 0 Å². The highest BCUT2D eigenvalue weighted by Gasteiger charge is 2.15. The number of rotatable bonds is 3. The molecule has 0 aliphatic carbocycles. The number of nitrogens with two attached hydrogens (primary N) is 1. The van der Waals surface area contributed by atoms with E-state index >= 15 is 0 Å². The predicted molar refractivity (Wildman–Crippen MR) is 106 cm³/mol. The Balaban J connectivity index is 2.05. The summed E-state index contributed by atoms with van der Waals surface area (Å²) in [5.74, 6) is 5.14. The van der Waals surface area contributed by atoms with Gasteiger partial charge in [0.1, 0.15) is 5.82 Å². The van der Waals surface area contributed by atoms with Gasteiger partial charge in [0.25, 0.3) is 5.56 Å². The molecule has 4 aromatic rings. The average molecular weight is 426 g/mol. The molecule has 2 heterocycles. The minimum absolute atomic E-state index is 0.109. The van der Waals surface area contributed by atoms with Crippen molar-refractivity contribution in [1.29, 1.82) is 0 Å². The topological polar surface area (TPSA) is 96.7 Å². The van der Waals surface area contributed by atoms with Gasteiger partial charge in [-0.15, -0.1) is 0 Å². The van der Waals surface area contributed by atoms with Gasteiger partial charge in [-0.25, -0.2) is 15.2 Å². The Kier molecular flexibility index (Phi) is 4.43. The average Bonchev–Trinajstić information content (AvgIpc) is 2.68. The van der Waals surface area contributed by atoms with Crippen molar-refractivity contribution in [1.82, 2.24) is 15.0 Å². The lowest BCUT2D eigenvalue weighted by Crippen LogP contribution is -2.18. The van der Waals surface area contributed by atoms with E-state index in [9.17, 15) is 9.18 Å². The van der Waals surface area contributed by atoms with Crippen molar-refractivity contribution in [2.75, 3.05) is 5.43 Å². The Bertz CT molecular complexity index is 1190. The molecule has 0 bridgehead atoms. The maximum Gasteiger partial charge on any atom is 0.262 e. The van der Waals surface area contributed by atoms with Crippen molar-refractivity contribution in [3.8, 4) is 22.4 Å². The summed E-state index contributed by atoms with van der Waals surface area (Å²) in [5, 5.41) is 0.307. The van der Waals surface area contributed by atoms with Crippen LogP contribution in [0.25, 0.3) is 33.4 Å². The number of hydrogen-bond acceptors (Lipinski definition) is 5. The molecule has 0 atom stereocenters.